The zero-order valence-electron chi connectivity index (χ0n) is 11.9. The summed E-state index contributed by atoms with van der Waals surface area (Å²) >= 11 is 0.877. The minimum Gasteiger partial charge on any atom is -0.459 e. The van der Waals surface area contributed by atoms with Gasteiger partial charge >= 0.3 is 5.97 Å². The summed E-state index contributed by atoms with van der Waals surface area (Å²) < 4.78 is 32.0. The molecule has 1 aromatic heterocycles. The van der Waals surface area contributed by atoms with Gasteiger partial charge in [-0.1, -0.05) is 11.8 Å². The molecule has 0 aromatic carbocycles. The quantitative estimate of drug-likeness (QED) is 0.668. The Morgan fingerprint density at radius 3 is 2.60 bits per heavy atom. The Hall–Kier alpha value is -1.37. The van der Waals surface area contributed by atoms with Gasteiger partial charge in [-0.05, 0) is 27.7 Å². The molecule has 0 saturated carbocycles. The number of anilines is 1. The highest BCUT2D eigenvalue weighted by Gasteiger charge is 2.18. The lowest BCUT2D eigenvalue weighted by Crippen LogP contribution is -2.25. The number of hydrogen-bond donors (Lipinski definition) is 1. The number of rotatable bonds is 5. The molecule has 112 valence electrons. The maximum atomic E-state index is 13.6. The molecule has 0 fully saturated rings. The van der Waals surface area contributed by atoms with E-state index >= 15 is 0 Å². The SMILES string of the molecule is CCNc1nc(SCC(=O)OC(C)(C)C)c(F)cc1F. The Kier molecular flexibility index (Phi) is 5.74. The van der Waals surface area contributed by atoms with Crippen LogP contribution < -0.4 is 5.32 Å². The molecule has 1 heterocycles. The van der Waals surface area contributed by atoms with E-state index in [0.717, 1.165) is 17.8 Å². The third-order valence-corrected chi connectivity index (χ3v) is 2.93. The Morgan fingerprint density at radius 1 is 1.40 bits per heavy atom. The molecule has 1 rings (SSSR count). The molecule has 0 amide bonds. The number of halogens is 2. The van der Waals surface area contributed by atoms with Gasteiger partial charge in [-0.25, -0.2) is 13.8 Å². The average Bonchev–Trinajstić information content (AvgIpc) is 2.29. The molecule has 0 aliphatic carbocycles. The van der Waals surface area contributed by atoms with Crippen LogP contribution in [0.3, 0.4) is 0 Å². The first-order valence-corrected chi connectivity index (χ1v) is 7.16. The van der Waals surface area contributed by atoms with Gasteiger partial charge in [0.1, 0.15) is 10.6 Å². The number of nitrogens with zero attached hydrogens (tertiary/aromatic N) is 1. The van der Waals surface area contributed by atoms with Gasteiger partial charge in [-0.3, -0.25) is 4.79 Å². The highest BCUT2D eigenvalue weighted by Crippen LogP contribution is 2.24. The predicted octanol–water partition coefficient (Wildman–Crippen LogP) is 3.23. The molecule has 20 heavy (non-hydrogen) atoms. The Morgan fingerprint density at radius 2 is 2.05 bits per heavy atom. The highest BCUT2D eigenvalue weighted by atomic mass is 32.2. The molecule has 0 unspecified atom stereocenters. The average molecular weight is 304 g/mol. The minimum atomic E-state index is -0.794. The van der Waals surface area contributed by atoms with Crippen molar-refractivity contribution in [3.8, 4) is 0 Å². The normalized spacial score (nSPS) is 11.3. The van der Waals surface area contributed by atoms with Crippen molar-refractivity contribution in [1.82, 2.24) is 4.98 Å². The summed E-state index contributed by atoms with van der Waals surface area (Å²) in [5.41, 5.74) is -0.596. The van der Waals surface area contributed by atoms with E-state index in [-0.39, 0.29) is 16.6 Å². The summed E-state index contributed by atoms with van der Waals surface area (Å²) in [6.45, 7) is 7.48. The fourth-order valence-electron chi connectivity index (χ4n) is 1.34. The number of aromatic nitrogens is 1. The second-order valence-electron chi connectivity index (χ2n) is 5.01. The summed E-state index contributed by atoms with van der Waals surface area (Å²) in [5.74, 6) is -2.14. The van der Waals surface area contributed by atoms with Crippen LogP contribution in [0.5, 0.6) is 0 Å². The second kappa shape index (κ2) is 6.88. The first kappa shape index (κ1) is 16.7. The third-order valence-electron chi connectivity index (χ3n) is 1.99. The monoisotopic (exact) mass is 304 g/mol. The van der Waals surface area contributed by atoms with E-state index in [4.69, 9.17) is 4.74 Å². The molecular formula is C13H18F2N2O2S. The number of carbonyl (C=O) groups is 1. The van der Waals surface area contributed by atoms with Crippen LogP contribution in [0.15, 0.2) is 11.1 Å². The van der Waals surface area contributed by atoms with E-state index in [9.17, 15) is 13.6 Å². The largest absolute Gasteiger partial charge is 0.459 e. The van der Waals surface area contributed by atoms with Crippen LogP contribution in [0.1, 0.15) is 27.7 Å². The van der Waals surface area contributed by atoms with E-state index in [0.29, 0.717) is 6.54 Å². The molecule has 7 heteroatoms. The molecule has 0 aliphatic heterocycles. The van der Waals surface area contributed by atoms with Crippen molar-refractivity contribution in [1.29, 1.82) is 0 Å². The van der Waals surface area contributed by atoms with Gasteiger partial charge in [0.05, 0.1) is 5.75 Å². The van der Waals surface area contributed by atoms with Gasteiger partial charge in [0.15, 0.2) is 17.5 Å². The van der Waals surface area contributed by atoms with Crippen LogP contribution in [0, 0.1) is 11.6 Å². The molecule has 0 spiro atoms. The number of nitrogens with one attached hydrogen (secondary N) is 1. The van der Waals surface area contributed by atoms with Crippen LogP contribution in [-0.2, 0) is 9.53 Å². The fourth-order valence-corrected chi connectivity index (χ4v) is 2.01. The van der Waals surface area contributed by atoms with Crippen molar-refractivity contribution in [3.05, 3.63) is 17.7 Å². The molecule has 1 aromatic rings. The number of esters is 1. The maximum absolute atomic E-state index is 13.6. The van der Waals surface area contributed by atoms with Crippen LogP contribution in [-0.4, -0.2) is 28.9 Å². The highest BCUT2D eigenvalue weighted by molar-refractivity contribution is 7.99. The number of ether oxygens (including phenoxy) is 1. The van der Waals surface area contributed by atoms with Crippen molar-refractivity contribution in [2.24, 2.45) is 0 Å². The number of thioether (sulfide) groups is 1. The molecule has 0 atom stereocenters. The Labute approximate surface area is 121 Å². The zero-order chi connectivity index (χ0) is 15.3. The van der Waals surface area contributed by atoms with Crippen molar-refractivity contribution >= 4 is 23.5 Å². The van der Waals surface area contributed by atoms with E-state index in [2.05, 4.69) is 10.3 Å². The smallest absolute Gasteiger partial charge is 0.316 e. The van der Waals surface area contributed by atoms with Crippen molar-refractivity contribution < 1.29 is 18.3 Å². The van der Waals surface area contributed by atoms with E-state index in [1.807, 2.05) is 0 Å². The molecule has 0 bridgehead atoms. The standard InChI is InChI=1S/C13H18F2N2O2S/c1-5-16-11-8(14)6-9(15)12(17-11)20-7-10(18)19-13(2,3)4/h6H,5,7H2,1-4H3,(H,16,17). The van der Waals surface area contributed by atoms with Gasteiger partial charge in [-0.2, -0.15) is 0 Å². The number of hydrogen-bond acceptors (Lipinski definition) is 5. The van der Waals surface area contributed by atoms with Gasteiger partial charge in [0.2, 0.25) is 0 Å². The number of pyridine rings is 1. The van der Waals surface area contributed by atoms with Crippen LogP contribution >= 0.6 is 11.8 Å². The Bertz CT molecular complexity index is 490. The Balaban J connectivity index is 2.72. The molecule has 0 radical (unpaired) electrons. The topological polar surface area (TPSA) is 51.2 Å². The molecular weight excluding hydrogens is 286 g/mol. The van der Waals surface area contributed by atoms with Crippen LogP contribution in [0.2, 0.25) is 0 Å². The predicted molar refractivity (Wildman–Crippen MR) is 74.9 cm³/mol. The first-order valence-electron chi connectivity index (χ1n) is 6.17. The summed E-state index contributed by atoms with van der Waals surface area (Å²) in [6.07, 6.45) is 0. The number of carbonyl (C=O) groups excluding carboxylic acids is 1. The zero-order valence-corrected chi connectivity index (χ0v) is 12.7. The molecule has 0 aliphatic rings. The van der Waals surface area contributed by atoms with Gasteiger partial charge < -0.3 is 10.1 Å². The summed E-state index contributed by atoms with van der Waals surface area (Å²) in [6, 6.07) is 0.752. The lowest BCUT2D eigenvalue weighted by molar-refractivity contribution is -0.151. The van der Waals surface area contributed by atoms with Gasteiger partial charge in [-0.15, -0.1) is 0 Å². The van der Waals surface area contributed by atoms with Gasteiger partial charge in [0.25, 0.3) is 0 Å². The molecule has 1 N–H and O–H groups in total. The minimum absolute atomic E-state index is 0.0272. The third kappa shape index (κ3) is 5.32. The van der Waals surface area contributed by atoms with Gasteiger partial charge in [0, 0.05) is 12.6 Å². The first-order chi connectivity index (χ1) is 9.23. The molecule has 0 saturated heterocycles. The van der Waals surface area contributed by atoms with Crippen molar-refractivity contribution in [3.63, 3.8) is 0 Å². The summed E-state index contributed by atoms with van der Waals surface area (Å²) in [7, 11) is 0. The second-order valence-corrected chi connectivity index (χ2v) is 5.98. The summed E-state index contributed by atoms with van der Waals surface area (Å²) in [4.78, 5) is 15.4. The van der Waals surface area contributed by atoms with Crippen molar-refractivity contribution in [2.75, 3.05) is 17.6 Å². The fraction of sp³-hybridized carbons (Fsp3) is 0.538. The lowest BCUT2D eigenvalue weighted by atomic mass is 10.2. The van der Waals surface area contributed by atoms with E-state index in [1.165, 1.54) is 0 Å². The summed E-state index contributed by atoms with van der Waals surface area (Å²) in [5, 5.41) is 2.65. The van der Waals surface area contributed by atoms with E-state index < -0.39 is 23.2 Å². The maximum Gasteiger partial charge on any atom is 0.316 e. The van der Waals surface area contributed by atoms with Crippen LogP contribution in [0.4, 0.5) is 14.6 Å². The van der Waals surface area contributed by atoms with Crippen LogP contribution in [0.25, 0.3) is 0 Å². The lowest BCUT2D eigenvalue weighted by Gasteiger charge is -2.19. The molecule has 4 nitrogen and oxygen atoms in total. The van der Waals surface area contributed by atoms with E-state index in [1.54, 1.807) is 27.7 Å². The van der Waals surface area contributed by atoms with Crippen molar-refractivity contribution in [2.45, 2.75) is 38.3 Å².